The van der Waals surface area contributed by atoms with Crippen molar-refractivity contribution in [2.45, 2.75) is 25.9 Å². The zero-order valence-corrected chi connectivity index (χ0v) is 20.4. The summed E-state index contributed by atoms with van der Waals surface area (Å²) in [4.78, 5) is 16.8. The van der Waals surface area contributed by atoms with Crippen molar-refractivity contribution in [1.82, 2.24) is 5.32 Å². The number of alkyl halides is 6. The fourth-order valence-electron chi connectivity index (χ4n) is 3.20. The molecule has 0 aromatic heterocycles. The fourth-order valence-corrected chi connectivity index (χ4v) is 4.05. The standard InChI is InChI=1S/C24H22F6N2O4S/c1-3-35-9-8-31-22-32-21(33)20(37-22)11-14-4-7-18(19(10-14)34-2)36-13-15-5-6-16(23(25,26)27)12-17(15)24(28,29)30/h4-7,10-12H,3,8-9,13H2,1-2H3,(H,31,32,33)/b20-11+. The number of hydrogen-bond acceptors (Lipinski definition) is 6. The van der Waals surface area contributed by atoms with Gasteiger partial charge in [0.1, 0.15) is 6.61 Å². The van der Waals surface area contributed by atoms with E-state index in [4.69, 9.17) is 14.2 Å². The molecule has 1 amide bonds. The number of amides is 1. The van der Waals surface area contributed by atoms with Gasteiger partial charge in [-0.2, -0.15) is 26.3 Å². The van der Waals surface area contributed by atoms with E-state index in [9.17, 15) is 31.1 Å². The molecule has 37 heavy (non-hydrogen) atoms. The van der Waals surface area contributed by atoms with Crippen LogP contribution in [-0.4, -0.2) is 37.9 Å². The third kappa shape index (κ3) is 7.65. The molecule has 0 aliphatic carbocycles. The molecule has 13 heteroatoms. The molecular formula is C24H22F6N2O4S. The molecule has 1 saturated heterocycles. The summed E-state index contributed by atoms with van der Waals surface area (Å²) < 4.78 is 94.8. The van der Waals surface area contributed by atoms with Crippen LogP contribution in [0.25, 0.3) is 6.08 Å². The Kier molecular flexibility index (Phi) is 9.13. The van der Waals surface area contributed by atoms with Crippen LogP contribution in [0.15, 0.2) is 46.3 Å². The number of nitrogens with one attached hydrogen (secondary N) is 1. The zero-order chi connectivity index (χ0) is 27.2. The topological polar surface area (TPSA) is 69.2 Å². The molecule has 1 N–H and O–H groups in total. The van der Waals surface area contributed by atoms with Crippen molar-refractivity contribution >= 4 is 28.9 Å². The summed E-state index contributed by atoms with van der Waals surface area (Å²) in [7, 11) is 1.32. The average molecular weight is 549 g/mol. The summed E-state index contributed by atoms with van der Waals surface area (Å²) in [6.07, 6.45) is -8.35. The van der Waals surface area contributed by atoms with Gasteiger partial charge >= 0.3 is 12.4 Å². The molecule has 1 fully saturated rings. The van der Waals surface area contributed by atoms with E-state index < -0.39 is 35.6 Å². The zero-order valence-electron chi connectivity index (χ0n) is 19.6. The number of rotatable bonds is 9. The molecule has 3 rings (SSSR count). The monoisotopic (exact) mass is 548 g/mol. The first-order valence-electron chi connectivity index (χ1n) is 10.8. The lowest BCUT2D eigenvalue weighted by Crippen LogP contribution is -2.20. The van der Waals surface area contributed by atoms with Crippen molar-refractivity contribution in [3.8, 4) is 11.5 Å². The van der Waals surface area contributed by atoms with Gasteiger partial charge in [0, 0.05) is 12.2 Å². The Labute approximate surface area is 212 Å². The van der Waals surface area contributed by atoms with Crippen molar-refractivity contribution in [2.75, 3.05) is 26.9 Å². The number of thioether (sulfide) groups is 1. The van der Waals surface area contributed by atoms with Crippen LogP contribution in [0.3, 0.4) is 0 Å². The molecule has 0 bridgehead atoms. The summed E-state index contributed by atoms with van der Waals surface area (Å²) >= 11 is 1.14. The van der Waals surface area contributed by atoms with Crippen molar-refractivity contribution < 1.29 is 45.3 Å². The molecule has 0 radical (unpaired) electrons. The number of carbonyl (C=O) groups is 1. The van der Waals surface area contributed by atoms with Gasteiger partial charge in [-0.1, -0.05) is 12.1 Å². The highest BCUT2D eigenvalue weighted by Gasteiger charge is 2.38. The van der Waals surface area contributed by atoms with E-state index in [1.165, 1.54) is 19.2 Å². The van der Waals surface area contributed by atoms with Gasteiger partial charge < -0.3 is 19.5 Å². The van der Waals surface area contributed by atoms with Gasteiger partial charge in [0.25, 0.3) is 5.91 Å². The van der Waals surface area contributed by atoms with Crippen molar-refractivity contribution in [3.05, 3.63) is 63.6 Å². The van der Waals surface area contributed by atoms with E-state index in [-0.39, 0.29) is 23.5 Å². The molecule has 1 heterocycles. The van der Waals surface area contributed by atoms with Crippen LogP contribution in [-0.2, 0) is 28.5 Å². The highest BCUT2D eigenvalue weighted by molar-refractivity contribution is 8.18. The second-order valence-electron chi connectivity index (χ2n) is 7.51. The molecule has 2 aromatic rings. The highest BCUT2D eigenvalue weighted by Crippen LogP contribution is 2.38. The quantitative estimate of drug-likeness (QED) is 0.240. The predicted octanol–water partition coefficient (Wildman–Crippen LogP) is 5.91. The molecule has 2 aromatic carbocycles. The number of nitrogens with zero attached hydrogens (tertiary/aromatic N) is 1. The summed E-state index contributed by atoms with van der Waals surface area (Å²) in [6.45, 7) is 2.58. The Bertz CT molecular complexity index is 1190. The average Bonchev–Trinajstić information content (AvgIpc) is 3.18. The van der Waals surface area contributed by atoms with Gasteiger partial charge in [-0.25, -0.2) is 0 Å². The maximum absolute atomic E-state index is 13.4. The van der Waals surface area contributed by atoms with Crippen LogP contribution in [0.5, 0.6) is 11.5 Å². The van der Waals surface area contributed by atoms with E-state index in [0.29, 0.717) is 41.5 Å². The van der Waals surface area contributed by atoms with Gasteiger partial charge in [0.05, 0.1) is 36.3 Å². The van der Waals surface area contributed by atoms with E-state index in [0.717, 1.165) is 17.8 Å². The Morgan fingerprint density at radius 1 is 1.03 bits per heavy atom. The lowest BCUT2D eigenvalue weighted by atomic mass is 10.0. The lowest BCUT2D eigenvalue weighted by Gasteiger charge is -2.17. The van der Waals surface area contributed by atoms with Gasteiger partial charge in [-0.05, 0) is 54.6 Å². The fraction of sp³-hybridized carbons (Fsp3) is 0.333. The highest BCUT2D eigenvalue weighted by atomic mass is 32.2. The van der Waals surface area contributed by atoms with Crippen LogP contribution in [0.4, 0.5) is 26.3 Å². The van der Waals surface area contributed by atoms with Crippen LogP contribution < -0.4 is 14.8 Å². The van der Waals surface area contributed by atoms with Gasteiger partial charge in [-0.15, -0.1) is 0 Å². The van der Waals surface area contributed by atoms with Crippen LogP contribution in [0, 0.1) is 0 Å². The Hall–Kier alpha value is -3.19. The third-order valence-electron chi connectivity index (χ3n) is 4.96. The van der Waals surface area contributed by atoms with Crippen LogP contribution in [0.1, 0.15) is 29.2 Å². The molecule has 1 aliphatic rings. The molecule has 1 aliphatic heterocycles. The summed E-state index contributed by atoms with van der Waals surface area (Å²) in [6, 6.07) is 5.86. The second kappa shape index (κ2) is 11.9. The Morgan fingerprint density at radius 3 is 2.43 bits per heavy atom. The molecule has 6 nitrogen and oxygen atoms in total. The van der Waals surface area contributed by atoms with E-state index >= 15 is 0 Å². The maximum atomic E-state index is 13.4. The minimum atomic E-state index is -5.01. The second-order valence-corrected chi connectivity index (χ2v) is 8.55. The molecule has 0 atom stereocenters. The van der Waals surface area contributed by atoms with E-state index in [1.54, 1.807) is 12.1 Å². The number of hydrogen-bond donors (Lipinski definition) is 1. The predicted molar refractivity (Wildman–Crippen MR) is 126 cm³/mol. The first kappa shape index (κ1) is 28.4. The first-order valence-corrected chi connectivity index (χ1v) is 11.6. The van der Waals surface area contributed by atoms with Crippen molar-refractivity contribution in [2.24, 2.45) is 4.99 Å². The number of halogens is 6. The minimum Gasteiger partial charge on any atom is -0.493 e. The summed E-state index contributed by atoms with van der Waals surface area (Å²) in [5, 5.41) is 3.07. The van der Waals surface area contributed by atoms with Gasteiger partial charge in [-0.3, -0.25) is 9.79 Å². The van der Waals surface area contributed by atoms with Gasteiger partial charge in [0.2, 0.25) is 0 Å². The van der Waals surface area contributed by atoms with E-state index in [2.05, 4.69) is 10.3 Å². The Morgan fingerprint density at radius 2 is 1.78 bits per heavy atom. The summed E-state index contributed by atoms with van der Waals surface area (Å²) in [5.74, 6) is -0.121. The number of aliphatic imine (C=N–C) groups is 1. The number of ether oxygens (including phenoxy) is 3. The Balaban J connectivity index is 1.76. The number of amidine groups is 1. The largest absolute Gasteiger partial charge is 0.493 e. The first-order chi connectivity index (χ1) is 17.4. The van der Waals surface area contributed by atoms with E-state index in [1.807, 2.05) is 6.92 Å². The van der Waals surface area contributed by atoms with Crippen molar-refractivity contribution in [3.63, 3.8) is 0 Å². The van der Waals surface area contributed by atoms with Gasteiger partial charge in [0.15, 0.2) is 16.7 Å². The summed E-state index contributed by atoms with van der Waals surface area (Å²) in [5.41, 5.74) is -2.77. The number of carbonyl (C=O) groups excluding carboxylic acids is 1. The normalized spacial score (nSPS) is 16.4. The van der Waals surface area contributed by atoms with Crippen LogP contribution in [0.2, 0.25) is 0 Å². The maximum Gasteiger partial charge on any atom is 0.416 e. The molecule has 0 unspecified atom stereocenters. The molecule has 0 saturated carbocycles. The molecule has 0 spiro atoms. The smallest absolute Gasteiger partial charge is 0.416 e. The molecular weight excluding hydrogens is 526 g/mol. The molecule has 200 valence electrons. The minimum absolute atomic E-state index is 0.0594. The van der Waals surface area contributed by atoms with Crippen LogP contribution >= 0.6 is 11.8 Å². The number of benzene rings is 2. The lowest BCUT2D eigenvalue weighted by molar-refractivity contribution is -0.143. The van der Waals surface area contributed by atoms with Crippen molar-refractivity contribution in [1.29, 1.82) is 0 Å². The third-order valence-corrected chi connectivity index (χ3v) is 5.90. The SMILES string of the molecule is CCOCCN=C1NC(=O)/C(=C\c2ccc(OCc3ccc(C(F)(F)F)cc3C(F)(F)F)c(OC)c2)S1. The number of methoxy groups -OCH3 is 1.